The molecule has 1 aromatic heterocycles. The smallest absolute Gasteiger partial charge is 0.326 e. The van der Waals surface area contributed by atoms with E-state index in [0.29, 0.717) is 6.07 Å². The summed E-state index contributed by atoms with van der Waals surface area (Å²) >= 11 is 0. The minimum absolute atomic E-state index is 0.0802. The lowest BCUT2D eigenvalue weighted by molar-refractivity contribution is -0.139. The first-order valence-electron chi connectivity index (χ1n) is 5.43. The molecule has 0 atom stereocenters. The average Bonchev–Trinajstić information content (AvgIpc) is 2.34. The molecule has 0 amide bonds. The predicted molar refractivity (Wildman–Crippen MR) is 73.2 cm³/mol. The quantitative estimate of drug-likeness (QED) is 0.530. The maximum atomic E-state index is 12.8. The molecule has 0 unspecified atom stereocenters. The van der Waals surface area contributed by atoms with E-state index in [4.69, 9.17) is 19.5 Å². The highest BCUT2D eigenvalue weighted by molar-refractivity contribution is 7.89. The zero-order valence-electron chi connectivity index (χ0n) is 10.9. The molecule has 1 aromatic carbocycles. The number of nitrogens with two attached hydrogens (primary N) is 1. The molecule has 1 radical (unpaired) electrons. The van der Waals surface area contributed by atoms with Gasteiger partial charge in [-0.2, -0.15) is 13.2 Å². The predicted octanol–water partition coefficient (Wildman–Crippen LogP) is 0.355. The van der Waals surface area contributed by atoms with Gasteiger partial charge in [-0.15, -0.1) is 0 Å². The number of sulfonamides is 1. The van der Waals surface area contributed by atoms with Crippen molar-refractivity contribution in [3.05, 3.63) is 40.2 Å². The summed E-state index contributed by atoms with van der Waals surface area (Å²) in [6.07, 6.45) is -4.91. The van der Waals surface area contributed by atoms with Crippen molar-refractivity contribution in [3.63, 3.8) is 0 Å². The maximum absolute atomic E-state index is 12.8. The van der Waals surface area contributed by atoms with Crippen LogP contribution in [0.3, 0.4) is 0 Å². The lowest BCUT2D eigenvalue weighted by Crippen LogP contribution is -2.19. The highest BCUT2D eigenvalue weighted by atomic mass is 32.2. The molecule has 0 saturated heterocycles. The van der Waals surface area contributed by atoms with Gasteiger partial charge >= 0.3 is 14.4 Å². The van der Waals surface area contributed by atoms with Crippen LogP contribution in [0.4, 0.5) is 13.2 Å². The number of aromatic amines is 1. The van der Waals surface area contributed by atoms with Gasteiger partial charge in [-0.1, -0.05) is 0 Å². The summed E-state index contributed by atoms with van der Waals surface area (Å²) in [6, 6.07) is 4.55. The molecule has 2 rings (SSSR count). The van der Waals surface area contributed by atoms with E-state index >= 15 is 0 Å². The Morgan fingerprint density at radius 3 is 2.22 bits per heavy atom. The zero-order chi connectivity index (χ0) is 18.0. The summed E-state index contributed by atoms with van der Waals surface area (Å²) in [4.78, 5) is 26.4. The Balaban J connectivity index is 0.000000593. The van der Waals surface area contributed by atoms with Crippen LogP contribution in [0.1, 0.15) is 5.56 Å². The highest BCUT2D eigenvalue weighted by Crippen LogP contribution is 2.35. The van der Waals surface area contributed by atoms with Gasteiger partial charge in [0.2, 0.25) is 10.0 Å². The van der Waals surface area contributed by atoms with Gasteiger partial charge in [-0.05, 0) is 18.2 Å². The molecule has 8 nitrogen and oxygen atoms in total. The zero-order valence-corrected chi connectivity index (χ0v) is 12.7. The van der Waals surface area contributed by atoms with Crippen molar-refractivity contribution in [2.75, 3.05) is 0 Å². The number of H-pyrrole nitrogens is 1. The number of aromatic nitrogens is 1. The molecular formula is C10H9F3N2O6PS. The second kappa shape index (κ2) is 6.81. The Morgan fingerprint density at radius 1 is 1.26 bits per heavy atom. The van der Waals surface area contributed by atoms with E-state index in [0.717, 1.165) is 12.1 Å². The highest BCUT2D eigenvalue weighted by Gasteiger charge is 2.36. The normalized spacial score (nSPS) is 12.1. The summed E-state index contributed by atoms with van der Waals surface area (Å²) in [5.74, 6) is 0. The molecule has 5 N–H and O–H groups in total. The largest absolute Gasteiger partial charge is 0.417 e. The van der Waals surface area contributed by atoms with E-state index in [1.54, 1.807) is 0 Å². The van der Waals surface area contributed by atoms with Crippen molar-refractivity contribution in [3.8, 4) is 0 Å². The van der Waals surface area contributed by atoms with Crippen molar-refractivity contribution >= 4 is 29.2 Å². The third-order valence-corrected chi connectivity index (χ3v) is 3.32. The fraction of sp³-hybridized carbons (Fsp3) is 0.100. The van der Waals surface area contributed by atoms with Gasteiger partial charge < -0.3 is 14.8 Å². The number of hydrogen-bond donors (Lipinski definition) is 4. The number of nitrogens with one attached hydrogen (secondary N) is 1. The van der Waals surface area contributed by atoms with E-state index < -0.39 is 40.5 Å². The van der Waals surface area contributed by atoms with Gasteiger partial charge in [-0.25, -0.2) is 13.6 Å². The molecule has 0 fully saturated rings. The van der Waals surface area contributed by atoms with Crippen LogP contribution >= 0.6 is 8.25 Å². The number of halogens is 3. The molecule has 0 bridgehead atoms. The summed E-state index contributed by atoms with van der Waals surface area (Å²) < 4.78 is 69.5. The third kappa shape index (κ3) is 5.44. The molecule has 0 aliphatic carbocycles. The molecule has 127 valence electrons. The molecule has 0 aliphatic rings. The minimum Gasteiger partial charge on any atom is -0.326 e. The van der Waals surface area contributed by atoms with Gasteiger partial charge in [-0.3, -0.25) is 9.36 Å². The first-order valence-corrected chi connectivity index (χ1v) is 8.28. The van der Waals surface area contributed by atoms with Gasteiger partial charge in [0, 0.05) is 10.9 Å². The van der Waals surface area contributed by atoms with Gasteiger partial charge in [0.15, 0.2) is 0 Å². The van der Waals surface area contributed by atoms with Crippen LogP contribution in [-0.2, 0) is 20.8 Å². The van der Waals surface area contributed by atoms with Crippen molar-refractivity contribution in [2.45, 2.75) is 11.1 Å². The Morgan fingerprint density at radius 2 is 1.78 bits per heavy atom. The average molecular weight is 373 g/mol. The molecule has 13 heteroatoms. The van der Waals surface area contributed by atoms with Crippen LogP contribution < -0.4 is 10.7 Å². The number of pyridine rings is 1. The Kier molecular flexibility index (Phi) is 5.72. The minimum atomic E-state index is -4.91. The number of fused-ring (bicyclic) bond motifs is 1. The fourth-order valence-electron chi connectivity index (χ4n) is 1.58. The summed E-state index contributed by atoms with van der Waals surface area (Å²) in [5, 5.41) is 4.85. The fourth-order valence-corrected chi connectivity index (χ4v) is 2.35. The summed E-state index contributed by atoms with van der Waals surface area (Å²) in [5.41, 5.74) is -2.29. The second-order valence-electron chi connectivity index (χ2n) is 4.00. The van der Waals surface area contributed by atoms with Crippen molar-refractivity contribution < 1.29 is 35.9 Å². The third-order valence-electron chi connectivity index (χ3n) is 2.37. The van der Waals surface area contributed by atoms with Crippen LogP contribution in [0, 0.1) is 6.07 Å². The topological polar surface area (TPSA) is 151 Å². The Labute approximate surface area is 127 Å². The number of benzene rings is 1. The van der Waals surface area contributed by atoms with Gasteiger partial charge in [0.25, 0.3) is 5.56 Å². The number of alkyl halides is 3. The first kappa shape index (κ1) is 19.3. The molecule has 0 aliphatic heterocycles. The summed E-state index contributed by atoms with van der Waals surface area (Å²) in [7, 11) is -7.67. The van der Waals surface area contributed by atoms with E-state index in [9.17, 15) is 26.4 Å². The Bertz CT molecular complexity index is 905. The lowest BCUT2D eigenvalue weighted by Gasteiger charge is -2.12. The van der Waals surface area contributed by atoms with Gasteiger partial charge in [0.1, 0.15) is 0 Å². The van der Waals surface area contributed by atoms with E-state index in [2.05, 4.69) is 11.1 Å². The molecule has 0 spiro atoms. The molecular weight excluding hydrogens is 364 g/mol. The SMILES string of the molecule is NS(=O)(=O)c1cc2c[c]c(=O)[nH]c2cc1C(F)(F)F.O=[PH](O)O. The lowest BCUT2D eigenvalue weighted by atomic mass is 10.1. The second-order valence-corrected chi connectivity index (χ2v) is 6.10. The van der Waals surface area contributed by atoms with Gasteiger partial charge in [0.05, 0.1) is 16.5 Å². The van der Waals surface area contributed by atoms with Crippen molar-refractivity contribution in [2.24, 2.45) is 5.14 Å². The molecule has 0 saturated carbocycles. The monoisotopic (exact) mass is 373 g/mol. The molecule has 23 heavy (non-hydrogen) atoms. The van der Waals surface area contributed by atoms with Crippen LogP contribution in [0.15, 0.2) is 27.9 Å². The number of primary sulfonamides is 1. The number of rotatable bonds is 1. The maximum Gasteiger partial charge on any atom is 0.417 e. The van der Waals surface area contributed by atoms with E-state index in [-0.39, 0.29) is 10.9 Å². The standard InChI is InChI=1S/C10H6F3N2O3S.H3O3P/c11-10(12,13)6-4-7-5(1-2-9(16)15-7)3-8(6)19(14,17)18;1-4(2)3/h1,3-4H,(H,15,16)(H2,14,17,18);4H,(H2,1,2,3). The van der Waals surface area contributed by atoms with Crippen LogP contribution in [0.5, 0.6) is 0 Å². The number of hydrogen-bond acceptors (Lipinski definition) is 4. The van der Waals surface area contributed by atoms with Crippen LogP contribution in [-0.4, -0.2) is 23.2 Å². The van der Waals surface area contributed by atoms with E-state index in [1.165, 1.54) is 0 Å². The molecule has 2 aromatic rings. The van der Waals surface area contributed by atoms with Crippen LogP contribution in [0.2, 0.25) is 0 Å². The molecule has 1 heterocycles. The summed E-state index contributed by atoms with van der Waals surface area (Å²) in [6.45, 7) is 0. The first-order chi connectivity index (χ1) is 10.3. The van der Waals surface area contributed by atoms with Crippen LogP contribution in [0.25, 0.3) is 10.9 Å². The Hall–Kier alpha value is -1.72. The van der Waals surface area contributed by atoms with E-state index in [1.807, 2.05) is 0 Å². The van der Waals surface area contributed by atoms with Crippen molar-refractivity contribution in [1.82, 2.24) is 4.98 Å². The van der Waals surface area contributed by atoms with Crippen molar-refractivity contribution in [1.29, 1.82) is 0 Å².